The number of esters is 4. The van der Waals surface area contributed by atoms with Crippen LogP contribution < -0.4 is 0 Å². The molecule has 0 radical (unpaired) electrons. The van der Waals surface area contributed by atoms with Crippen molar-refractivity contribution in [1.29, 1.82) is 0 Å². The van der Waals surface area contributed by atoms with Crippen molar-refractivity contribution in [1.82, 2.24) is 0 Å². The third-order valence-corrected chi connectivity index (χ3v) is 19.1. The second kappa shape index (κ2) is 68.7. The first-order chi connectivity index (χ1) is 46.0. The summed E-state index contributed by atoms with van der Waals surface area (Å²) in [5, 5.41) is 10.6. The first-order valence-electron chi connectivity index (χ1n) is 39.0. The van der Waals surface area contributed by atoms with Crippen LogP contribution in [0.2, 0.25) is 0 Å². The van der Waals surface area contributed by atoms with Gasteiger partial charge in [0.05, 0.1) is 26.4 Å². The number of hydrogen-bond donors (Lipinski definition) is 3. The normalized spacial score (nSPS) is 14.1. The quantitative estimate of drug-likeness (QED) is 0.0169. The number of carbonyl (C=O) groups is 4. The number of aliphatic hydroxyl groups excluding tert-OH is 1. The van der Waals surface area contributed by atoms with Crippen molar-refractivity contribution in [2.45, 2.75) is 393 Å². The van der Waals surface area contributed by atoms with Crippen molar-refractivity contribution >= 4 is 39.5 Å². The molecule has 0 heterocycles. The number of unbranched alkanes of at least 4 members (excludes halogenated alkanes) is 43. The lowest BCUT2D eigenvalue weighted by Gasteiger charge is -2.21. The van der Waals surface area contributed by atoms with Crippen molar-refractivity contribution in [2.24, 2.45) is 5.92 Å². The van der Waals surface area contributed by atoms with Crippen LogP contribution in [0.1, 0.15) is 375 Å². The first-order valence-corrected chi connectivity index (χ1v) is 41.9. The molecule has 0 bridgehead atoms. The van der Waals surface area contributed by atoms with E-state index in [9.17, 15) is 43.2 Å². The predicted octanol–water partition coefficient (Wildman–Crippen LogP) is 22.0. The fourth-order valence-corrected chi connectivity index (χ4v) is 12.7. The summed E-state index contributed by atoms with van der Waals surface area (Å²) in [6.07, 6.45) is 60.4. The Kier molecular flexibility index (Phi) is 66.9. The van der Waals surface area contributed by atoms with Crippen LogP contribution in [0.15, 0.2) is 24.3 Å². The second-order valence-electron chi connectivity index (χ2n) is 27.2. The SMILES string of the molecule is CCCCCC/C=C\C=C/CCCCCCCC(=O)OC[C@H](COP(=O)(O)OC[C@@H](O)COP(=O)(O)OC[C@@H](COC(=O)CCCCCCCCCCC)OC(=O)CCCCCCCCCCCCCC(C)C)OC(=O)CCCCCCCCCCCCCCCCCCC. The molecule has 0 aromatic carbocycles. The maximum atomic E-state index is 13.1. The summed E-state index contributed by atoms with van der Waals surface area (Å²) < 4.78 is 68.5. The number of phosphoric ester groups is 2. The Morgan fingerprint density at radius 1 is 0.326 bits per heavy atom. The first kappa shape index (κ1) is 92.5. The molecule has 0 saturated heterocycles. The van der Waals surface area contributed by atoms with Crippen LogP contribution in [-0.2, 0) is 65.4 Å². The summed E-state index contributed by atoms with van der Waals surface area (Å²) in [4.78, 5) is 72.7. The molecule has 0 aliphatic heterocycles. The van der Waals surface area contributed by atoms with Gasteiger partial charge in [-0.3, -0.25) is 37.3 Å². The van der Waals surface area contributed by atoms with Gasteiger partial charge < -0.3 is 33.8 Å². The maximum Gasteiger partial charge on any atom is 0.472 e. The van der Waals surface area contributed by atoms with Crippen LogP contribution in [0.3, 0.4) is 0 Å². The Labute approximate surface area is 580 Å². The highest BCUT2D eigenvalue weighted by molar-refractivity contribution is 7.47. The van der Waals surface area contributed by atoms with E-state index in [1.807, 2.05) is 0 Å². The molecule has 2 unspecified atom stereocenters. The number of aliphatic hydroxyl groups is 1. The van der Waals surface area contributed by atoms with E-state index in [1.165, 1.54) is 180 Å². The third-order valence-electron chi connectivity index (χ3n) is 17.2. The summed E-state index contributed by atoms with van der Waals surface area (Å²) >= 11 is 0. The minimum atomic E-state index is -4.96. The maximum absolute atomic E-state index is 13.1. The highest BCUT2D eigenvalue weighted by Crippen LogP contribution is 2.45. The molecule has 19 heteroatoms. The predicted molar refractivity (Wildman–Crippen MR) is 386 cm³/mol. The average molecular weight is 1390 g/mol. The van der Waals surface area contributed by atoms with Gasteiger partial charge >= 0.3 is 39.5 Å². The van der Waals surface area contributed by atoms with Gasteiger partial charge in [0.2, 0.25) is 0 Å². The van der Waals surface area contributed by atoms with Crippen molar-refractivity contribution in [3.05, 3.63) is 24.3 Å². The smallest absolute Gasteiger partial charge is 0.462 e. The molecule has 560 valence electrons. The number of allylic oxidation sites excluding steroid dienone is 4. The van der Waals surface area contributed by atoms with Crippen molar-refractivity contribution < 1.29 is 80.2 Å². The number of carbonyl (C=O) groups excluding carboxylic acids is 4. The van der Waals surface area contributed by atoms with Crippen LogP contribution in [0.25, 0.3) is 0 Å². The largest absolute Gasteiger partial charge is 0.472 e. The van der Waals surface area contributed by atoms with Gasteiger partial charge in [-0.05, 0) is 57.3 Å². The molecule has 0 aliphatic rings. The Balaban J connectivity index is 5.27. The van der Waals surface area contributed by atoms with E-state index in [1.54, 1.807) is 0 Å². The molecule has 95 heavy (non-hydrogen) atoms. The van der Waals surface area contributed by atoms with Crippen molar-refractivity contribution in [3.63, 3.8) is 0 Å². The van der Waals surface area contributed by atoms with Crippen LogP contribution in [0, 0.1) is 5.92 Å². The van der Waals surface area contributed by atoms with Crippen molar-refractivity contribution in [3.8, 4) is 0 Å². The van der Waals surface area contributed by atoms with Gasteiger partial charge in [-0.2, -0.15) is 0 Å². The van der Waals surface area contributed by atoms with Crippen LogP contribution in [-0.4, -0.2) is 96.7 Å². The standard InChI is InChI=1S/C76H144O17P2/c1-6-9-12-15-18-21-23-25-27-28-30-32-36-41-46-51-56-61-75(80)93-72(66-87-74(79)60-55-50-45-40-35-31-29-26-24-22-19-16-13-10-7-2)68-91-95(84,85)89-64-70(77)63-88-94(82,83)90-67-71(65-86-73(78)59-54-49-44-38-20-17-14-11-8-3)92-76(81)62-57-52-47-42-37-33-34-39-43-48-53-58-69(4)5/h22,24,26,29,69-72,77H,6-21,23,25,27-28,30-68H2,1-5H3,(H,82,83)(H,84,85)/b24-22-,29-26-/t70-,71+,72+/m0/s1. The zero-order valence-corrected chi connectivity index (χ0v) is 63.1. The minimum absolute atomic E-state index is 0.102. The van der Waals surface area contributed by atoms with Crippen LogP contribution in [0.5, 0.6) is 0 Å². The zero-order valence-electron chi connectivity index (χ0n) is 61.3. The number of phosphoric acid groups is 2. The Bertz CT molecular complexity index is 1920. The van der Waals surface area contributed by atoms with E-state index < -0.39 is 97.5 Å². The van der Waals surface area contributed by atoms with Gasteiger partial charge in [0.25, 0.3) is 0 Å². The molecule has 17 nitrogen and oxygen atoms in total. The molecule has 0 rings (SSSR count). The lowest BCUT2D eigenvalue weighted by atomic mass is 10.0. The molecule has 3 N–H and O–H groups in total. The lowest BCUT2D eigenvalue weighted by molar-refractivity contribution is -0.161. The Morgan fingerprint density at radius 2 is 0.568 bits per heavy atom. The minimum Gasteiger partial charge on any atom is -0.462 e. The van der Waals surface area contributed by atoms with E-state index >= 15 is 0 Å². The lowest BCUT2D eigenvalue weighted by Crippen LogP contribution is -2.30. The fourth-order valence-electron chi connectivity index (χ4n) is 11.2. The van der Waals surface area contributed by atoms with Gasteiger partial charge in [-0.1, -0.05) is 322 Å². The molecular formula is C76H144O17P2. The molecule has 0 fully saturated rings. The summed E-state index contributed by atoms with van der Waals surface area (Å²) in [6, 6.07) is 0. The van der Waals surface area contributed by atoms with Crippen LogP contribution in [0.4, 0.5) is 0 Å². The molecule has 0 saturated carbocycles. The van der Waals surface area contributed by atoms with Crippen LogP contribution >= 0.6 is 15.6 Å². The van der Waals surface area contributed by atoms with Gasteiger partial charge in [0.15, 0.2) is 12.2 Å². The molecule has 0 aromatic heterocycles. The highest BCUT2D eigenvalue weighted by atomic mass is 31.2. The average Bonchev–Trinajstić information content (AvgIpc) is 2.29. The molecule has 0 aromatic rings. The van der Waals surface area contributed by atoms with Gasteiger partial charge in [-0.15, -0.1) is 0 Å². The third kappa shape index (κ3) is 69.8. The molecule has 0 aliphatic carbocycles. The van der Waals surface area contributed by atoms with E-state index in [2.05, 4.69) is 58.9 Å². The monoisotopic (exact) mass is 1390 g/mol. The highest BCUT2D eigenvalue weighted by Gasteiger charge is 2.30. The van der Waals surface area contributed by atoms with Crippen molar-refractivity contribution in [2.75, 3.05) is 39.6 Å². The molecular weight excluding hydrogens is 1250 g/mol. The second-order valence-corrected chi connectivity index (χ2v) is 30.1. The van der Waals surface area contributed by atoms with E-state index in [0.717, 1.165) is 115 Å². The Hall–Kier alpha value is -2.46. The summed E-state index contributed by atoms with van der Waals surface area (Å²) in [5.41, 5.74) is 0. The number of ether oxygens (including phenoxy) is 4. The Morgan fingerprint density at radius 3 is 0.863 bits per heavy atom. The van der Waals surface area contributed by atoms with E-state index in [4.69, 9.17) is 37.0 Å². The summed E-state index contributed by atoms with van der Waals surface area (Å²) in [6.45, 7) is 7.21. The van der Waals surface area contributed by atoms with Gasteiger partial charge in [-0.25, -0.2) is 9.13 Å². The molecule has 0 spiro atoms. The zero-order chi connectivity index (χ0) is 69.8. The number of rotatable bonds is 74. The van der Waals surface area contributed by atoms with E-state index in [-0.39, 0.29) is 25.7 Å². The van der Waals surface area contributed by atoms with Gasteiger partial charge in [0, 0.05) is 25.7 Å². The number of hydrogen-bond acceptors (Lipinski definition) is 15. The molecule has 0 amide bonds. The summed E-state index contributed by atoms with van der Waals surface area (Å²) in [5.74, 6) is -1.38. The van der Waals surface area contributed by atoms with E-state index in [0.29, 0.717) is 25.7 Å². The fraction of sp³-hybridized carbons (Fsp3) is 0.895. The topological polar surface area (TPSA) is 237 Å². The van der Waals surface area contributed by atoms with Gasteiger partial charge in [0.1, 0.15) is 19.3 Å². The summed E-state index contributed by atoms with van der Waals surface area (Å²) in [7, 11) is -9.92. The molecule has 5 atom stereocenters.